The number of carboxylic acids is 1. The molecule has 0 radical (unpaired) electrons. The number of hydrogen-bond donors (Lipinski definition) is 1. The number of carbonyl (C=O) groups excluding carboxylic acids is 1. The van der Waals surface area contributed by atoms with Crippen molar-refractivity contribution in [3.05, 3.63) is 48.2 Å². The lowest BCUT2D eigenvalue weighted by atomic mass is 10.1. The van der Waals surface area contributed by atoms with Crippen LogP contribution in [0.25, 0.3) is 0 Å². The van der Waals surface area contributed by atoms with Crippen LogP contribution in [0.3, 0.4) is 0 Å². The molecule has 86 valence electrons. The van der Waals surface area contributed by atoms with Crippen molar-refractivity contribution in [1.82, 2.24) is 0 Å². The van der Waals surface area contributed by atoms with Crippen molar-refractivity contribution < 1.29 is 19.4 Å². The average Bonchev–Trinajstić information content (AvgIpc) is 2.17. The van der Waals surface area contributed by atoms with Gasteiger partial charge in [0.25, 0.3) is 5.97 Å². The smallest absolute Gasteiger partial charge is 0.343 e. The molecule has 0 aliphatic heterocycles. The van der Waals surface area contributed by atoms with E-state index in [4.69, 9.17) is 9.90 Å². The van der Waals surface area contributed by atoms with Crippen LogP contribution in [-0.4, -0.2) is 17.0 Å². The van der Waals surface area contributed by atoms with Crippen molar-refractivity contribution in [3.8, 4) is 0 Å². The number of aryl methyl sites for hydroxylation is 1. The van der Waals surface area contributed by atoms with E-state index >= 15 is 0 Å². The summed E-state index contributed by atoms with van der Waals surface area (Å²) in [6.07, 6.45) is 1.13. The second-order valence-corrected chi connectivity index (χ2v) is 2.91. The highest BCUT2D eigenvalue weighted by molar-refractivity contribution is 5.91. The average molecular weight is 222 g/mol. The lowest BCUT2D eigenvalue weighted by molar-refractivity contribution is -0.134. The number of carboxylic acid groups (broad SMARTS) is 1. The molecule has 0 spiro atoms. The Balaban J connectivity index is 0.000000487. The number of aliphatic carboxylic acids is 1. The van der Waals surface area contributed by atoms with Gasteiger partial charge >= 0.3 is 5.97 Å². The molecule has 0 saturated heterocycles. The van der Waals surface area contributed by atoms with Crippen LogP contribution in [0.5, 0.6) is 0 Å². The molecule has 1 aromatic rings. The number of hydrogen-bond acceptors (Lipinski definition) is 3. The molecule has 0 bridgehead atoms. The third kappa shape index (κ3) is 5.59. The summed E-state index contributed by atoms with van der Waals surface area (Å²) in [5.74, 6) is -1.19. The van der Waals surface area contributed by atoms with Gasteiger partial charge in [-0.15, -0.1) is 0 Å². The Hall–Kier alpha value is -2.10. The molecule has 0 heterocycles. The van der Waals surface area contributed by atoms with Gasteiger partial charge in [0, 0.05) is 6.92 Å². The van der Waals surface area contributed by atoms with Crippen molar-refractivity contribution in [2.24, 2.45) is 0 Å². The fourth-order valence-electron chi connectivity index (χ4n) is 0.941. The molecular formula is C12H14O4. The zero-order valence-corrected chi connectivity index (χ0v) is 9.27. The van der Waals surface area contributed by atoms with E-state index in [-0.39, 0.29) is 5.97 Å². The third-order valence-corrected chi connectivity index (χ3v) is 1.56. The summed E-state index contributed by atoms with van der Waals surface area (Å²) >= 11 is 0. The van der Waals surface area contributed by atoms with E-state index < -0.39 is 5.97 Å². The molecule has 0 saturated carbocycles. The van der Waals surface area contributed by atoms with Gasteiger partial charge in [0.1, 0.15) is 0 Å². The van der Waals surface area contributed by atoms with Crippen LogP contribution in [0.2, 0.25) is 0 Å². The van der Waals surface area contributed by atoms with Crippen molar-refractivity contribution in [1.29, 1.82) is 0 Å². The van der Waals surface area contributed by atoms with E-state index in [0.717, 1.165) is 18.7 Å². The monoisotopic (exact) mass is 222 g/mol. The van der Waals surface area contributed by atoms with Crippen LogP contribution < -0.4 is 0 Å². The lowest BCUT2D eigenvalue weighted by Gasteiger charge is -2.01. The SMILES string of the molecule is C=COC(=O)c1ccccc1C.CC(=O)O. The highest BCUT2D eigenvalue weighted by Gasteiger charge is 2.06. The summed E-state index contributed by atoms with van der Waals surface area (Å²) in [5, 5.41) is 7.42. The summed E-state index contributed by atoms with van der Waals surface area (Å²) in [6.45, 7) is 6.26. The Labute approximate surface area is 94.2 Å². The van der Waals surface area contributed by atoms with E-state index in [2.05, 4.69) is 11.3 Å². The summed E-state index contributed by atoms with van der Waals surface area (Å²) in [7, 11) is 0. The van der Waals surface area contributed by atoms with E-state index in [9.17, 15) is 4.79 Å². The maximum absolute atomic E-state index is 11.2. The molecule has 0 atom stereocenters. The van der Waals surface area contributed by atoms with Crippen LogP contribution in [0.4, 0.5) is 0 Å². The summed E-state index contributed by atoms with van der Waals surface area (Å²) in [4.78, 5) is 20.2. The van der Waals surface area contributed by atoms with E-state index in [0.29, 0.717) is 5.56 Å². The van der Waals surface area contributed by atoms with Gasteiger partial charge in [0.2, 0.25) is 0 Å². The van der Waals surface area contributed by atoms with Gasteiger partial charge in [0.05, 0.1) is 11.8 Å². The molecule has 1 rings (SSSR count). The van der Waals surface area contributed by atoms with Crippen molar-refractivity contribution in [2.45, 2.75) is 13.8 Å². The van der Waals surface area contributed by atoms with Gasteiger partial charge in [-0.05, 0) is 18.6 Å². The minimum Gasteiger partial charge on any atom is -0.481 e. The summed E-state index contributed by atoms with van der Waals surface area (Å²) < 4.78 is 4.63. The number of carbonyl (C=O) groups is 2. The van der Waals surface area contributed by atoms with Gasteiger partial charge in [0.15, 0.2) is 0 Å². The van der Waals surface area contributed by atoms with Gasteiger partial charge in [-0.3, -0.25) is 4.79 Å². The minimum atomic E-state index is -0.833. The Morgan fingerprint density at radius 1 is 1.38 bits per heavy atom. The van der Waals surface area contributed by atoms with Crippen molar-refractivity contribution in [3.63, 3.8) is 0 Å². The topological polar surface area (TPSA) is 63.6 Å². The molecule has 4 heteroatoms. The second-order valence-electron chi connectivity index (χ2n) is 2.91. The largest absolute Gasteiger partial charge is 0.481 e. The summed E-state index contributed by atoms with van der Waals surface area (Å²) in [5.41, 5.74) is 1.49. The highest BCUT2D eigenvalue weighted by atomic mass is 16.5. The molecule has 1 N–H and O–H groups in total. The molecule has 4 nitrogen and oxygen atoms in total. The predicted molar refractivity (Wildman–Crippen MR) is 60.1 cm³/mol. The van der Waals surface area contributed by atoms with Crippen LogP contribution >= 0.6 is 0 Å². The molecule has 0 fully saturated rings. The predicted octanol–water partition coefficient (Wildman–Crippen LogP) is 2.39. The quantitative estimate of drug-likeness (QED) is 0.616. The fraction of sp³-hybridized carbons (Fsp3) is 0.167. The maximum atomic E-state index is 11.2. The number of esters is 1. The molecule has 0 amide bonds. The Morgan fingerprint density at radius 3 is 2.31 bits per heavy atom. The maximum Gasteiger partial charge on any atom is 0.343 e. The zero-order valence-electron chi connectivity index (χ0n) is 9.27. The standard InChI is InChI=1S/C10H10O2.C2H4O2/c1-3-12-10(11)9-7-5-4-6-8(9)2;1-2(3)4/h3-7H,1H2,2H3;1H3,(H,3,4). The van der Waals surface area contributed by atoms with Crippen LogP contribution in [-0.2, 0) is 9.53 Å². The molecule has 0 unspecified atom stereocenters. The van der Waals surface area contributed by atoms with Gasteiger partial charge in [-0.25, -0.2) is 4.79 Å². The first-order chi connectivity index (χ1) is 7.49. The van der Waals surface area contributed by atoms with Gasteiger partial charge in [-0.2, -0.15) is 0 Å². The number of ether oxygens (including phenoxy) is 1. The van der Waals surface area contributed by atoms with Crippen molar-refractivity contribution >= 4 is 11.9 Å². The van der Waals surface area contributed by atoms with Gasteiger partial charge in [-0.1, -0.05) is 24.8 Å². The van der Waals surface area contributed by atoms with E-state index in [1.807, 2.05) is 19.1 Å². The second kappa shape index (κ2) is 7.23. The normalized spacial score (nSPS) is 8.38. The lowest BCUT2D eigenvalue weighted by Crippen LogP contribution is -2.02. The third-order valence-electron chi connectivity index (χ3n) is 1.56. The molecule has 16 heavy (non-hydrogen) atoms. The molecule has 0 aromatic heterocycles. The Kier molecular flexibility index (Phi) is 6.28. The zero-order chi connectivity index (χ0) is 12.6. The van der Waals surface area contributed by atoms with E-state index in [1.165, 1.54) is 0 Å². The molecule has 1 aromatic carbocycles. The Morgan fingerprint density at radius 2 is 1.88 bits per heavy atom. The minimum absolute atomic E-state index is 0.358. The first kappa shape index (κ1) is 13.9. The molecular weight excluding hydrogens is 208 g/mol. The fourth-order valence-corrected chi connectivity index (χ4v) is 0.941. The van der Waals surface area contributed by atoms with E-state index in [1.54, 1.807) is 12.1 Å². The number of rotatable bonds is 2. The van der Waals surface area contributed by atoms with Crippen LogP contribution in [0.1, 0.15) is 22.8 Å². The van der Waals surface area contributed by atoms with Crippen molar-refractivity contribution in [2.75, 3.05) is 0 Å². The van der Waals surface area contributed by atoms with Crippen LogP contribution in [0, 0.1) is 6.92 Å². The molecule has 0 aliphatic rings. The Bertz CT molecular complexity index is 378. The first-order valence-corrected chi connectivity index (χ1v) is 4.56. The van der Waals surface area contributed by atoms with Crippen LogP contribution in [0.15, 0.2) is 37.1 Å². The number of benzene rings is 1. The summed E-state index contributed by atoms with van der Waals surface area (Å²) in [6, 6.07) is 7.26. The molecule has 0 aliphatic carbocycles. The van der Waals surface area contributed by atoms with Gasteiger partial charge < -0.3 is 9.84 Å². The highest BCUT2D eigenvalue weighted by Crippen LogP contribution is 2.08. The first-order valence-electron chi connectivity index (χ1n) is 4.56.